The SMILES string of the molecule is CCCOCCN(CC)CCOCCC. The number of nitrogens with zero attached hydrogens (tertiary/aromatic N) is 1. The van der Waals surface area contributed by atoms with E-state index in [1.165, 1.54) is 0 Å². The monoisotopic (exact) mass is 217 g/mol. The predicted octanol–water partition coefficient (Wildman–Crippen LogP) is 2.16. The van der Waals surface area contributed by atoms with E-state index in [1.807, 2.05) is 0 Å². The summed E-state index contributed by atoms with van der Waals surface area (Å²) >= 11 is 0. The second-order valence-electron chi connectivity index (χ2n) is 3.66. The van der Waals surface area contributed by atoms with Crippen LogP contribution in [0.15, 0.2) is 0 Å². The first-order valence-electron chi connectivity index (χ1n) is 6.22. The maximum absolute atomic E-state index is 5.46. The van der Waals surface area contributed by atoms with E-state index in [1.54, 1.807) is 0 Å². The zero-order chi connectivity index (χ0) is 11.4. The molecular weight excluding hydrogens is 190 g/mol. The molecule has 0 saturated carbocycles. The Hall–Kier alpha value is -0.120. The average molecular weight is 217 g/mol. The first kappa shape index (κ1) is 14.9. The van der Waals surface area contributed by atoms with Gasteiger partial charge in [-0.05, 0) is 19.4 Å². The van der Waals surface area contributed by atoms with Crippen LogP contribution in [0.3, 0.4) is 0 Å². The van der Waals surface area contributed by atoms with E-state index >= 15 is 0 Å². The van der Waals surface area contributed by atoms with Gasteiger partial charge in [-0.25, -0.2) is 0 Å². The minimum atomic E-state index is 0.843. The molecule has 15 heavy (non-hydrogen) atoms. The highest BCUT2D eigenvalue weighted by atomic mass is 16.5. The van der Waals surface area contributed by atoms with Crippen molar-refractivity contribution in [1.82, 2.24) is 4.90 Å². The Labute approximate surface area is 94.7 Å². The highest BCUT2D eigenvalue weighted by molar-refractivity contribution is 4.53. The lowest BCUT2D eigenvalue weighted by atomic mass is 10.4. The van der Waals surface area contributed by atoms with Crippen LogP contribution in [-0.2, 0) is 9.47 Å². The third-order valence-electron chi connectivity index (χ3n) is 2.25. The second-order valence-corrected chi connectivity index (χ2v) is 3.66. The molecule has 0 fully saturated rings. The summed E-state index contributed by atoms with van der Waals surface area (Å²) in [4.78, 5) is 2.37. The third kappa shape index (κ3) is 10.2. The number of hydrogen-bond acceptors (Lipinski definition) is 3. The van der Waals surface area contributed by atoms with Crippen molar-refractivity contribution >= 4 is 0 Å². The van der Waals surface area contributed by atoms with Crippen molar-refractivity contribution in [1.29, 1.82) is 0 Å². The summed E-state index contributed by atoms with van der Waals surface area (Å²) in [7, 11) is 0. The Morgan fingerprint density at radius 3 is 1.53 bits per heavy atom. The van der Waals surface area contributed by atoms with E-state index in [4.69, 9.17) is 9.47 Å². The number of ether oxygens (including phenoxy) is 2. The molecule has 0 aromatic carbocycles. The molecule has 0 rings (SSSR count). The van der Waals surface area contributed by atoms with Gasteiger partial charge in [0.15, 0.2) is 0 Å². The molecule has 0 aliphatic heterocycles. The first-order valence-corrected chi connectivity index (χ1v) is 6.22. The van der Waals surface area contributed by atoms with E-state index in [9.17, 15) is 0 Å². The van der Waals surface area contributed by atoms with Crippen molar-refractivity contribution in [3.63, 3.8) is 0 Å². The minimum absolute atomic E-state index is 0.843. The fraction of sp³-hybridized carbons (Fsp3) is 1.00. The van der Waals surface area contributed by atoms with Crippen LogP contribution in [-0.4, -0.2) is 51.0 Å². The molecule has 0 saturated heterocycles. The zero-order valence-corrected chi connectivity index (χ0v) is 10.6. The lowest BCUT2D eigenvalue weighted by molar-refractivity contribution is 0.0770. The molecular formula is C12H27NO2. The molecule has 0 aromatic heterocycles. The summed E-state index contributed by atoms with van der Waals surface area (Å²) in [6, 6.07) is 0. The van der Waals surface area contributed by atoms with Crippen molar-refractivity contribution in [3.8, 4) is 0 Å². The van der Waals surface area contributed by atoms with Crippen molar-refractivity contribution in [3.05, 3.63) is 0 Å². The number of likely N-dealkylation sites (N-methyl/N-ethyl adjacent to an activating group) is 1. The Morgan fingerprint density at radius 1 is 0.733 bits per heavy atom. The molecule has 0 bridgehead atoms. The average Bonchev–Trinajstić information content (AvgIpc) is 2.27. The highest BCUT2D eigenvalue weighted by Crippen LogP contribution is 1.90. The topological polar surface area (TPSA) is 21.7 Å². The van der Waals surface area contributed by atoms with Gasteiger partial charge in [-0.1, -0.05) is 20.8 Å². The Bertz CT molecular complexity index is 108. The van der Waals surface area contributed by atoms with Gasteiger partial charge in [-0.3, -0.25) is 4.90 Å². The van der Waals surface area contributed by atoms with E-state index in [0.29, 0.717) is 0 Å². The van der Waals surface area contributed by atoms with Crippen LogP contribution in [0.4, 0.5) is 0 Å². The van der Waals surface area contributed by atoms with Gasteiger partial charge < -0.3 is 9.47 Å². The molecule has 0 aliphatic rings. The summed E-state index contributed by atoms with van der Waals surface area (Å²) in [5.74, 6) is 0. The maximum atomic E-state index is 5.46. The van der Waals surface area contributed by atoms with Crippen LogP contribution in [0.2, 0.25) is 0 Å². The quantitative estimate of drug-likeness (QED) is 0.495. The van der Waals surface area contributed by atoms with Gasteiger partial charge in [0.2, 0.25) is 0 Å². The molecule has 0 aliphatic carbocycles. The lowest BCUT2D eigenvalue weighted by Gasteiger charge is -2.19. The fourth-order valence-electron chi connectivity index (χ4n) is 1.31. The van der Waals surface area contributed by atoms with E-state index in [0.717, 1.165) is 58.9 Å². The predicted molar refractivity (Wildman–Crippen MR) is 64.3 cm³/mol. The normalized spacial score (nSPS) is 11.2. The van der Waals surface area contributed by atoms with Gasteiger partial charge in [0.05, 0.1) is 13.2 Å². The molecule has 0 radical (unpaired) electrons. The molecule has 0 heterocycles. The van der Waals surface area contributed by atoms with Crippen molar-refractivity contribution < 1.29 is 9.47 Å². The molecule has 3 nitrogen and oxygen atoms in total. The summed E-state index contributed by atoms with van der Waals surface area (Å²) in [6.07, 6.45) is 2.21. The van der Waals surface area contributed by atoms with Crippen LogP contribution >= 0.6 is 0 Å². The van der Waals surface area contributed by atoms with Gasteiger partial charge in [0.25, 0.3) is 0 Å². The lowest BCUT2D eigenvalue weighted by Crippen LogP contribution is -2.31. The van der Waals surface area contributed by atoms with Crippen LogP contribution in [0, 0.1) is 0 Å². The van der Waals surface area contributed by atoms with Gasteiger partial charge in [0.1, 0.15) is 0 Å². The van der Waals surface area contributed by atoms with Gasteiger partial charge in [-0.15, -0.1) is 0 Å². The Balaban J connectivity index is 3.29. The highest BCUT2D eigenvalue weighted by Gasteiger charge is 2.01. The maximum Gasteiger partial charge on any atom is 0.0593 e. The number of hydrogen-bond donors (Lipinski definition) is 0. The zero-order valence-electron chi connectivity index (χ0n) is 10.6. The molecule has 3 heteroatoms. The van der Waals surface area contributed by atoms with Gasteiger partial charge in [0, 0.05) is 26.3 Å². The first-order chi connectivity index (χ1) is 7.35. The summed E-state index contributed by atoms with van der Waals surface area (Å²) in [5.41, 5.74) is 0. The van der Waals surface area contributed by atoms with Crippen molar-refractivity contribution in [2.45, 2.75) is 33.6 Å². The Kier molecular flexibility index (Phi) is 11.9. The molecule has 0 aromatic rings. The van der Waals surface area contributed by atoms with E-state index in [2.05, 4.69) is 25.7 Å². The molecule has 0 atom stereocenters. The largest absolute Gasteiger partial charge is 0.380 e. The standard InChI is InChI=1S/C12H27NO2/c1-4-9-14-11-7-13(6-3)8-12-15-10-5-2/h4-12H2,1-3H3. The van der Waals surface area contributed by atoms with Crippen LogP contribution in [0.1, 0.15) is 33.6 Å². The summed E-state index contributed by atoms with van der Waals surface area (Å²) < 4.78 is 10.9. The number of rotatable bonds is 11. The molecule has 0 N–H and O–H groups in total. The minimum Gasteiger partial charge on any atom is -0.380 e. The second kappa shape index (κ2) is 12.0. The third-order valence-corrected chi connectivity index (χ3v) is 2.25. The summed E-state index contributed by atoms with van der Waals surface area (Å²) in [5, 5.41) is 0. The van der Waals surface area contributed by atoms with Crippen molar-refractivity contribution in [2.24, 2.45) is 0 Å². The fourth-order valence-corrected chi connectivity index (χ4v) is 1.31. The van der Waals surface area contributed by atoms with E-state index in [-0.39, 0.29) is 0 Å². The van der Waals surface area contributed by atoms with Gasteiger partial charge >= 0.3 is 0 Å². The van der Waals surface area contributed by atoms with Crippen LogP contribution in [0.5, 0.6) is 0 Å². The Morgan fingerprint density at radius 2 is 1.20 bits per heavy atom. The van der Waals surface area contributed by atoms with Crippen LogP contribution in [0.25, 0.3) is 0 Å². The summed E-state index contributed by atoms with van der Waals surface area (Å²) in [6.45, 7) is 13.0. The van der Waals surface area contributed by atoms with Crippen molar-refractivity contribution in [2.75, 3.05) is 46.1 Å². The van der Waals surface area contributed by atoms with Gasteiger partial charge in [-0.2, -0.15) is 0 Å². The molecule has 0 unspecified atom stereocenters. The smallest absolute Gasteiger partial charge is 0.0593 e. The molecule has 92 valence electrons. The molecule has 0 spiro atoms. The van der Waals surface area contributed by atoms with E-state index < -0.39 is 0 Å². The molecule has 0 amide bonds. The van der Waals surface area contributed by atoms with Crippen LogP contribution < -0.4 is 0 Å².